The first-order valence-corrected chi connectivity index (χ1v) is 7.51. The zero-order chi connectivity index (χ0) is 14.5. The minimum atomic E-state index is 0.386. The molecule has 0 fully saturated rings. The second-order valence-corrected chi connectivity index (χ2v) is 5.95. The summed E-state index contributed by atoms with van der Waals surface area (Å²) in [6.45, 7) is 3.01. The lowest BCUT2D eigenvalue weighted by atomic mass is 9.91. The number of likely N-dealkylation sites (N-methyl/N-ethyl adjacent to an activating group) is 1. The van der Waals surface area contributed by atoms with Crippen LogP contribution in [0.2, 0.25) is 10.0 Å². The van der Waals surface area contributed by atoms with Gasteiger partial charge in [0, 0.05) is 22.5 Å². The topological polar surface area (TPSA) is 12.0 Å². The lowest BCUT2D eigenvalue weighted by Crippen LogP contribution is -2.19. The van der Waals surface area contributed by atoms with Crippen LogP contribution in [0.1, 0.15) is 22.6 Å². The smallest absolute Gasteiger partial charge is 0.0439 e. The van der Waals surface area contributed by atoms with Gasteiger partial charge in [0.15, 0.2) is 0 Å². The van der Waals surface area contributed by atoms with Crippen LogP contribution < -0.4 is 5.32 Å². The molecule has 0 aromatic heterocycles. The molecule has 2 rings (SSSR count). The lowest BCUT2D eigenvalue weighted by molar-refractivity contribution is 0.626. The van der Waals surface area contributed by atoms with Gasteiger partial charge < -0.3 is 5.32 Å². The highest BCUT2D eigenvalue weighted by molar-refractivity contribution is 6.33. The Labute approximate surface area is 130 Å². The van der Waals surface area contributed by atoms with Crippen LogP contribution in [0.25, 0.3) is 0 Å². The van der Waals surface area contributed by atoms with E-state index in [0.717, 1.165) is 28.6 Å². The summed E-state index contributed by atoms with van der Waals surface area (Å²) in [4.78, 5) is 0. The van der Waals surface area contributed by atoms with Crippen LogP contribution >= 0.6 is 23.2 Å². The van der Waals surface area contributed by atoms with Crippen LogP contribution in [-0.2, 0) is 6.42 Å². The van der Waals surface area contributed by atoms with Crippen molar-refractivity contribution in [3.05, 3.63) is 69.2 Å². The first-order valence-electron chi connectivity index (χ1n) is 6.75. The van der Waals surface area contributed by atoms with Crippen molar-refractivity contribution in [2.75, 3.05) is 13.6 Å². The molecule has 1 nitrogen and oxygen atoms in total. The number of benzene rings is 2. The average Bonchev–Trinajstić information content (AvgIpc) is 2.43. The van der Waals surface area contributed by atoms with Crippen molar-refractivity contribution < 1.29 is 0 Å². The summed E-state index contributed by atoms with van der Waals surface area (Å²) in [5.41, 5.74) is 3.69. The number of nitrogens with one attached hydrogen (secondary N) is 1. The molecule has 2 aromatic rings. The van der Waals surface area contributed by atoms with Crippen LogP contribution in [0.15, 0.2) is 42.5 Å². The Morgan fingerprint density at radius 1 is 1.05 bits per heavy atom. The van der Waals surface area contributed by atoms with Crippen LogP contribution in [0.3, 0.4) is 0 Å². The third-order valence-electron chi connectivity index (χ3n) is 3.47. The molecule has 0 spiro atoms. The molecule has 3 heteroatoms. The van der Waals surface area contributed by atoms with Gasteiger partial charge in [-0.05, 0) is 49.7 Å². The maximum atomic E-state index is 6.27. The molecule has 1 atom stereocenters. The Bertz CT molecular complexity index is 564. The Morgan fingerprint density at radius 3 is 2.40 bits per heavy atom. The fraction of sp³-hybridized carbons (Fsp3) is 0.294. The summed E-state index contributed by atoms with van der Waals surface area (Å²) < 4.78 is 0. The molecule has 0 radical (unpaired) electrons. The van der Waals surface area contributed by atoms with Gasteiger partial charge in [-0.1, -0.05) is 53.0 Å². The van der Waals surface area contributed by atoms with Crippen molar-refractivity contribution in [3.8, 4) is 0 Å². The van der Waals surface area contributed by atoms with Crippen molar-refractivity contribution in [3.63, 3.8) is 0 Å². The molecule has 0 saturated carbocycles. The maximum absolute atomic E-state index is 6.27. The molecule has 0 heterocycles. The number of hydrogen-bond acceptors (Lipinski definition) is 1. The minimum absolute atomic E-state index is 0.386. The van der Waals surface area contributed by atoms with E-state index < -0.39 is 0 Å². The van der Waals surface area contributed by atoms with Crippen molar-refractivity contribution in [1.29, 1.82) is 0 Å². The molecule has 0 amide bonds. The van der Waals surface area contributed by atoms with Crippen LogP contribution in [0.5, 0.6) is 0 Å². The molecule has 106 valence electrons. The third kappa shape index (κ3) is 3.99. The first-order chi connectivity index (χ1) is 9.60. The zero-order valence-corrected chi connectivity index (χ0v) is 13.3. The molecule has 1 N–H and O–H groups in total. The van der Waals surface area contributed by atoms with Crippen LogP contribution in [-0.4, -0.2) is 13.6 Å². The summed E-state index contributed by atoms with van der Waals surface area (Å²) in [5.74, 6) is 0.386. The Hall–Kier alpha value is -1.02. The maximum Gasteiger partial charge on any atom is 0.0439 e. The quantitative estimate of drug-likeness (QED) is 0.833. The first kappa shape index (κ1) is 15.4. The standard InChI is InChI=1S/C17H19Cl2N/c1-12-3-5-13(6-4-12)15(11-20-2)9-14-10-16(18)7-8-17(14)19/h3-8,10,15,20H,9,11H2,1-2H3. The van der Waals surface area contributed by atoms with E-state index in [2.05, 4.69) is 36.5 Å². The predicted molar refractivity (Wildman–Crippen MR) is 88.0 cm³/mol. The molecule has 1 unspecified atom stereocenters. The largest absolute Gasteiger partial charge is 0.319 e. The molecule has 0 aliphatic carbocycles. The molecule has 20 heavy (non-hydrogen) atoms. The van der Waals surface area contributed by atoms with Crippen molar-refractivity contribution in [1.82, 2.24) is 5.32 Å². The van der Waals surface area contributed by atoms with Crippen molar-refractivity contribution in [2.45, 2.75) is 19.3 Å². The van der Waals surface area contributed by atoms with E-state index in [1.165, 1.54) is 11.1 Å². The fourth-order valence-corrected chi connectivity index (χ4v) is 2.75. The molecule has 2 aromatic carbocycles. The monoisotopic (exact) mass is 307 g/mol. The third-order valence-corrected chi connectivity index (χ3v) is 4.08. The summed E-state index contributed by atoms with van der Waals surface area (Å²) >= 11 is 12.3. The van der Waals surface area contributed by atoms with Gasteiger partial charge in [0.05, 0.1) is 0 Å². The summed E-state index contributed by atoms with van der Waals surface area (Å²) in [6, 6.07) is 14.3. The van der Waals surface area contributed by atoms with E-state index >= 15 is 0 Å². The minimum Gasteiger partial charge on any atom is -0.319 e. The number of halogens is 2. The number of aryl methyl sites for hydroxylation is 1. The van der Waals surface area contributed by atoms with Crippen molar-refractivity contribution in [2.24, 2.45) is 0 Å². The molecule has 0 aliphatic rings. The average molecular weight is 308 g/mol. The number of rotatable bonds is 5. The zero-order valence-electron chi connectivity index (χ0n) is 11.8. The molecular formula is C17H19Cl2N. The predicted octanol–water partition coefficient (Wildman–Crippen LogP) is 4.85. The number of hydrogen-bond donors (Lipinski definition) is 1. The fourth-order valence-electron chi connectivity index (χ4n) is 2.36. The molecule has 0 saturated heterocycles. The van der Waals surface area contributed by atoms with Crippen LogP contribution in [0.4, 0.5) is 0 Å². The van der Waals surface area contributed by atoms with Gasteiger partial charge in [0.2, 0.25) is 0 Å². The van der Waals surface area contributed by atoms with E-state index in [4.69, 9.17) is 23.2 Å². The van der Waals surface area contributed by atoms with E-state index in [1.54, 1.807) is 0 Å². The molecule has 0 bridgehead atoms. The highest BCUT2D eigenvalue weighted by atomic mass is 35.5. The van der Waals surface area contributed by atoms with Gasteiger partial charge in [-0.2, -0.15) is 0 Å². The second kappa shape index (κ2) is 7.12. The Morgan fingerprint density at radius 2 is 1.75 bits per heavy atom. The van der Waals surface area contributed by atoms with Gasteiger partial charge >= 0.3 is 0 Å². The summed E-state index contributed by atoms with van der Waals surface area (Å²) in [6.07, 6.45) is 0.878. The van der Waals surface area contributed by atoms with Gasteiger partial charge in [0.1, 0.15) is 0 Å². The van der Waals surface area contributed by atoms with Gasteiger partial charge in [-0.25, -0.2) is 0 Å². The van der Waals surface area contributed by atoms with Gasteiger partial charge in [-0.15, -0.1) is 0 Å². The summed E-state index contributed by atoms with van der Waals surface area (Å²) in [5, 5.41) is 4.77. The summed E-state index contributed by atoms with van der Waals surface area (Å²) in [7, 11) is 1.97. The normalized spacial score (nSPS) is 12.4. The second-order valence-electron chi connectivity index (χ2n) is 5.11. The highest BCUT2D eigenvalue weighted by Crippen LogP contribution is 2.27. The molecule has 0 aliphatic heterocycles. The van der Waals surface area contributed by atoms with E-state index in [1.807, 2.05) is 25.2 Å². The SMILES string of the molecule is CNCC(Cc1cc(Cl)ccc1Cl)c1ccc(C)cc1. The van der Waals surface area contributed by atoms with E-state index in [-0.39, 0.29) is 0 Å². The molecular weight excluding hydrogens is 289 g/mol. The van der Waals surface area contributed by atoms with Crippen LogP contribution in [0, 0.1) is 6.92 Å². The van der Waals surface area contributed by atoms with Crippen molar-refractivity contribution >= 4 is 23.2 Å². The van der Waals surface area contributed by atoms with Gasteiger partial charge in [-0.3, -0.25) is 0 Å². The van der Waals surface area contributed by atoms with Gasteiger partial charge in [0.25, 0.3) is 0 Å². The van der Waals surface area contributed by atoms with E-state index in [9.17, 15) is 0 Å². The Balaban J connectivity index is 2.25. The van der Waals surface area contributed by atoms with E-state index in [0.29, 0.717) is 5.92 Å². The highest BCUT2D eigenvalue weighted by Gasteiger charge is 2.14. The lowest BCUT2D eigenvalue weighted by Gasteiger charge is -2.18. The Kier molecular flexibility index (Phi) is 5.47.